The van der Waals surface area contributed by atoms with Crippen molar-refractivity contribution in [1.29, 1.82) is 0 Å². The first-order chi connectivity index (χ1) is 8.69. The molecule has 18 heavy (non-hydrogen) atoms. The number of nitrogens with two attached hydrogens (primary N) is 1. The zero-order valence-electron chi connectivity index (χ0n) is 11.0. The van der Waals surface area contributed by atoms with Crippen molar-refractivity contribution >= 4 is 11.3 Å². The molecule has 2 atom stereocenters. The van der Waals surface area contributed by atoms with Crippen LogP contribution in [-0.2, 0) is 11.3 Å². The molecule has 0 saturated carbocycles. The summed E-state index contributed by atoms with van der Waals surface area (Å²) >= 11 is 1.77. The Labute approximate surface area is 113 Å². The van der Waals surface area contributed by atoms with E-state index in [1.807, 2.05) is 0 Å². The lowest BCUT2D eigenvalue weighted by Crippen LogP contribution is -2.44. The van der Waals surface area contributed by atoms with Gasteiger partial charge in [0.1, 0.15) is 0 Å². The molecule has 1 aromatic rings. The largest absolute Gasteiger partial charge is 0.373 e. The minimum absolute atomic E-state index is 0.312. The van der Waals surface area contributed by atoms with Crippen molar-refractivity contribution in [1.82, 2.24) is 4.90 Å². The van der Waals surface area contributed by atoms with Crippen LogP contribution in [-0.4, -0.2) is 36.7 Å². The number of hydrogen-bond acceptors (Lipinski definition) is 4. The Morgan fingerprint density at radius 3 is 2.83 bits per heavy atom. The predicted molar refractivity (Wildman–Crippen MR) is 75.5 cm³/mol. The molecular weight excluding hydrogens is 244 g/mol. The van der Waals surface area contributed by atoms with Gasteiger partial charge in [0.2, 0.25) is 0 Å². The van der Waals surface area contributed by atoms with E-state index >= 15 is 0 Å². The van der Waals surface area contributed by atoms with Crippen LogP contribution in [0.15, 0.2) is 11.4 Å². The lowest BCUT2D eigenvalue weighted by molar-refractivity contribution is -0.0702. The number of ether oxygens (including phenoxy) is 1. The number of hydrogen-bond donors (Lipinski definition) is 1. The van der Waals surface area contributed by atoms with Crippen molar-refractivity contribution in [3.63, 3.8) is 0 Å². The highest BCUT2D eigenvalue weighted by Gasteiger charge is 2.22. The zero-order valence-corrected chi connectivity index (χ0v) is 11.8. The van der Waals surface area contributed by atoms with E-state index in [4.69, 9.17) is 10.5 Å². The maximum Gasteiger partial charge on any atom is 0.0678 e. The van der Waals surface area contributed by atoms with Gasteiger partial charge >= 0.3 is 0 Å². The molecule has 4 heteroatoms. The van der Waals surface area contributed by atoms with Crippen LogP contribution in [0, 0.1) is 11.8 Å². The van der Waals surface area contributed by atoms with E-state index < -0.39 is 0 Å². The molecule has 0 radical (unpaired) electrons. The maximum atomic E-state index is 5.75. The fourth-order valence-electron chi connectivity index (χ4n) is 2.34. The number of rotatable bonds is 2. The Hall–Kier alpha value is -0.860. The van der Waals surface area contributed by atoms with Gasteiger partial charge in [-0.2, -0.15) is 0 Å². The zero-order chi connectivity index (χ0) is 13.0. The average Bonchev–Trinajstić information content (AvgIpc) is 2.72. The summed E-state index contributed by atoms with van der Waals surface area (Å²) < 4.78 is 5.75. The fourth-order valence-corrected chi connectivity index (χ4v) is 3.21. The van der Waals surface area contributed by atoms with E-state index in [2.05, 4.69) is 42.0 Å². The molecule has 1 fully saturated rings. The smallest absolute Gasteiger partial charge is 0.0678 e. The lowest BCUT2D eigenvalue weighted by atomic mass is 10.2. The standard InChI is InChI=1S/C14H20N2OS/c1-11-8-16(9-12(2)17-11)10-14-13(4-3-6-15)5-7-18-14/h5,7,11-12H,6,8-10,15H2,1-2H3/t11-,12+. The second-order valence-electron chi connectivity index (χ2n) is 4.71. The van der Waals surface area contributed by atoms with E-state index in [0.29, 0.717) is 18.8 Å². The third-order valence-electron chi connectivity index (χ3n) is 2.93. The normalized spacial score (nSPS) is 24.6. The lowest BCUT2D eigenvalue weighted by Gasteiger charge is -2.35. The molecule has 3 nitrogen and oxygen atoms in total. The summed E-state index contributed by atoms with van der Waals surface area (Å²) in [6.07, 6.45) is 0.625. The Kier molecular flexibility index (Phi) is 4.79. The molecule has 2 heterocycles. The topological polar surface area (TPSA) is 38.5 Å². The Morgan fingerprint density at radius 2 is 2.17 bits per heavy atom. The molecule has 1 aromatic heterocycles. The third kappa shape index (κ3) is 3.56. The van der Waals surface area contributed by atoms with Gasteiger partial charge in [-0.1, -0.05) is 11.8 Å². The highest BCUT2D eigenvalue weighted by atomic mass is 32.1. The van der Waals surface area contributed by atoms with Gasteiger partial charge in [0, 0.05) is 30.1 Å². The maximum absolute atomic E-state index is 5.75. The summed E-state index contributed by atoms with van der Waals surface area (Å²) in [4.78, 5) is 3.77. The van der Waals surface area contributed by atoms with Gasteiger partial charge in [-0.3, -0.25) is 4.90 Å². The van der Waals surface area contributed by atoms with Crippen molar-refractivity contribution in [2.75, 3.05) is 19.6 Å². The van der Waals surface area contributed by atoms with Crippen molar-refractivity contribution in [3.8, 4) is 11.8 Å². The fraction of sp³-hybridized carbons (Fsp3) is 0.571. The highest BCUT2D eigenvalue weighted by molar-refractivity contribution is 7.10. The number of morpholine rings is 1. The van der Waals surface area contributed by atoms with Crippen molar-refractivity contribution in [3.05, 3.63) is 21.9 Å². The Morgan fingerprint density at radius 1 is 1.44 bits per heavy atom. The molecule has 1 saturated heterocycles. The molecule has 0 spiro atoms. The van der Waals surface area contributed by atoms with E-state index in [1.54, 1.807) is 11.3 Å². The molecule has 0 aromatic carbocycles. The van der Waals surface area contributed by atoms with Gasteiger partial charge < -0.3 is 10.5 Å². The van der Waals surface area contributed by atoms with E-state index in [-0.39, 0.29) is 0 Å². The number of nitrogens with zero attached hydrogens (tertiary/aromatic N) is 1. The Bertz CT molecular complexity index is 436. The summed E-state index contributed by atoms with van der Waals surface area (Å²) in [5.41, 5.74) is 6.54. The van der Waals surface area contributed by atoms with Crippen LogP contribution in [0.25, 0.3) is 0 Å². The van der Waals surface area contributed by atoms with Crippen LogP contribution in [0.2, 0.25) is 0 Å². The van der Waals surface area contributed by atoms with Crippen LogP contribution in [0.5, 0.6) is 0 Å². The molecule has 2 rings (SSSR count). The second kappa shape index (κ2) is 6.35. The van der Waals surface area contributed by atoms with Gasteiger partial charge in [-0.25, -0.2) is 0 Å². The molecule has 0 amide bonds. The van der Waals surface area contributed by atoms with E-state index in [1.165, 1.54) is 4.88 Å². The first kappa shape index (κ1) is 13.6. The van der Waals surface area contributed by atoms with Crippen molar-refractivity contribution in [2.45, 2.75) is 32.6 Å². The molecule has 98 valence electrons. The number of thiophene rings is 1. The summed E-state index contributed by atoms with van der Waals surface area (Å²) in [6.45, 7) is 7.63. The summed E-state index contributed by atoms with van der Waals surface area (Å²) in [6, 6.07) is 2.08. The summed E-state index contributed by atoms with van der Waals surface area (Å²) in [7, 11) is 0. The quantitative estimate of drug-likeness (QED) is 0.826. The molecule has 0 bridgehead atoms. The first-order valence-electron chi connectivity index (χ1n) is 6.32. The first-order valence-corrected chi connectivity index (χ1v) is 7.20. The summed E-state index contributed by atoms with van der Waals surface area (Å²) in [5, 5.41) is 2.10. The molecule has 0 unspecified atom stereocenters. The van der Waals surface area contributed by atoms with Crippen molar-refractivity contribution in [2.24, 2.45) is 5.73 Å². The molecular formula is C14H20N2OS. The van der Waals surface area contributed by atoms with E-state index in [0.717, 1.165) is 25.2 Å². The second-order valence-corrected chi connectivity index (χ2v) is 5.72. The highest BCUT2D eigenvalue weighted by Crippen LogP contribution is 2.20. The van der Waals surface area contributed by atoms with Gasteiger partial charge in [0.05, 0.1) is 18.8 Å². The SMILES string of the molecule is C[C@@H]1CN(Cc2sccc2C#CCN)C[C@H](C)O1. The van der Waals surface area contributed by atoms with Crippen molar-refractivity contribution < 1.29 is 4.74 Å². The Balaban J connectivity index is 2.02. The predicted octanol–water partition coefficient (Wildman–Crippen LogP) is 1.67. The van der Waals surface area contributed by atoms with Crippen LogP contribution in [0.3, 0.4) is 0 Å². The minimum atomic E-state index is 0.312. The van der Waals surface area contributed by atoms with Gasteiger partial charge in [-0.05, 0) is 25.3 Å². The molecule has 0 aliphatic carbocycles. The third-order valence-corrected chi connectivity index (χ3v) is 3.84. The van der Waals surface area contributed by atoms with Gasteiger partial charge in [0.25, 0.3) is 0 Å². The van der Waals surface area contributed by atoms with Gasteiger partial charge in [-0.15, -0.1) is 11.3 Å². The van der Waals surface area contributed by atoms with Crippen LogP contribution in [0.4, 0.5) is 0 Å². The monoisotopic (exact) mass is 264 g/mol. The molecule has 1 aliphatic heterocycles. The van der Waals surface area contributed by atoms with Crippen LogP contribution < -0.4 is 5.73 Å². The molecule has 1 aliphatic rings. The van der Waals surface area contributed by atoms with E-state index in [9.17, 15) is 0 Å². The minimum Gasteiger partial charge on any atom is -0.373 e. The molecule has 2 N–H and O–H groups in total. The summed E-state index contributed by atoms with van der Waals surface area (Å²) in [5.74, 6) is 6.07. The van der Waals surface area contributed by atoms with Crippen LogP contribution >= 0.6 is 11.3 Å². The average molecular weight is 264 g/mol. The van der Waals surface area contributed by atoms with Crippen LogP contribution in [0.1, 0.15) is 24.3 Å². The van der Waals surface area contributed by atoms with Gasteiger partial charge in [0.15, 0.2) is 0 Å².